The Kier molecular flexibility index (Phi) is 4.47. The lowest BCUT2D eigenvalue weighted by Crippen LogP contribution is -2.29. The van der Waals surface area contributed by atoms with Crippen molar-refractivity contribution < 1.29 is 23.8 Å². The van der Waals surface area contributed by atoms with Gasteiger partial charge in [-0.1, -0.05) is 35.3 Å². The van der Waals surface area contributed by atoms with E-state index in [1.807, 2.05) is 0 Å². The van der Waals surface area contributed by atoms with Gasteiger partial charge < -0.3 is 14.6 Å². The van der Waals surface area contributed by atoms with Crippen LogP contribution in [0.1, 0.15) is 27.4 Å². The summed E-state index contributed by atoms with van der Waals surface area (Å²) < 4.78 is 18.1. The second-order valence-corrected chi connectivity index (χ2v) is 6.13. The summed E-state index contributed by atoms with van der Waals surface area (Å²) in [4.78, 5) is 23.2. The third-order valence-electron chi connectivity index (χ3n) is 3.86. The minimum atomic E-state index is -1.40. The predicted molar refractivity (Wildman–Crippen MR) is 84.1 cm³/mol. The van der Waals surface area contributed by atoms with Gasteiger partial charge in [0.25, 0.3) is 0 Å². The van der Waals surface area contributed by atoms with Gasteiger partial charge in [-0.3, -0.25) is 4.79 Å². The van der Waals surface area contributed by atoms with Crippen molar-refractivity contribution in [1.29, 1.82) is 0 Å². The van der Waals surface area contributed by atoms with Gasteiger partial charge in [-0.25, -0.2) is 4.39 Å². The number of hydrogen-bond donors (Lipinski definition) is 0. The fraction of sp³-hybridized carbons (Fsp3) is 0.176. The fourth-order valence-electron chi connectivity index (χ4n) is 2.77. The second-order valence-electron chi connectivity index (χ2n) is 5.37. The molecule has 0 heterocycles. The molecule has 24 heavy (non-hydrogen) atoms. The van der Waals surface area contributed by atoms with Crippen molar-refractivity contribution in [3.63, 3.8) is 0 Å². The topological polar surface area (TPSA) is 66.4 Å². The molecular formula is C17H10Cl2FO4-. The Morgan fingerprint density at radius 2 is 1.92 bits per heavy atom. The van der Waals surface area contributed by atoms with Gasteiger partial charge >= 0.3 is 0 Å². The number of carboxylic acids is 1. The third-order valence-corrected chi connectivity index (χ3v) is 4.71. The zero-order valence-electron chi connectivity index (χ0n) is 12.1. The molecule has 0 bridgehead atoms. The molecule has 0 N–H and O–H groups in total. The maximum Gasteiger partial charge on any atom is 0.172 e. The summed E-state index contributed by atoms with van der Waals surface area (Å²) in [5.74, 6) is -2.42. The van der Waals surface area contributed by atoms with Crippen LogP contribution >= 0.6 is 23.2 Å². The number of Topliss-reactive ketones (excluding diaryl/α,β-unsaturated/α-hetero) is 1. The second kappa shape index (κ2) is 6.42. The van der Waals surface area contributed by atoms with E-state index in [-0.39, 0.29) is 33.0 Å². The number of halogens is 3. The van der Waals surface area contributed by atoms with Gasteiger partial charge in [0.15, 0.2) is 5.78 Å². The number of ketones is 1. The van der Waals surface area contributed by atoms with Crippen LogP contribution in [0.5, 0.6) is 5.75 Å². The summed E-state index contributed by atoms with van der Waals surface area (Å²) >= 11 is 12.2. The summed E-state index contributed by atoms with van der Waals surface area (Å²) in [5, 5.41) is 10.5. The quantitative estimate of drug-likeness (QED) is 0.833. The molecule has 3 rings (SSSR count). The Morgan fingerprint density at radius 1 is 1.25 bits per heavy atom. The van der Waals surface area contributed by atoms with Crippen molar-refractivity contribution in [2.45, 2.75) is 12.3 Å². The monoisotopic (exact) mass is 367 g/mol. The third kappa shape index (κ3) is 2.97. The highest BCUT2D eigenvalue weighted by Gasteiger charge is 2.35. The molecule has 2 aromatic rings. The van der Waals surface area contributed by atoms with Crippen LogP contribution in [-0.4, -0.2) is 18.4 Å². The average molecular weight is 368 g/mol. The molecule has 0 saturated carbocycles. The minimum absolute atomic E-state index is 0.0234. The number of benzene rings is 2. The van der Waals surface area contributed by atoms with E-state index < -0.39 is 18.5 Å². The normalized spacial score (nSPS) is 16.1. The summed E-state index contributed by atoms with van der Waals surface area (Å²) in [6.07, 6.45) is 0.346. The van der Waals surface area contributed by atoms with Crippen LogP contribution in [0.25, 0.3) is 0 Å². The Bertz CT molecular complexity index is 833. The van der Waals surface area contributed by atoms with E-state index in [9.17, 15) is 19.1 Å². The first-order chi connectivity index (χ1) is 11.4. The molecule has 0 aliphatic heterocycles. The largest absolute Gasteiger partial charge is 0.546 e. The van der Waals surface area contributed by atoms with Crippen molar-refractivity contribution in [2.24, 2.45) is 0 Å². The predicted octanol–water partition coefficient (Wildman–Crippen LogP) is 2.78. The number of rotatable bonds is 4. The molecular weight excluding hydrogens is 358 g/mol. The van der Waals surface area contributed by atoms with E-state index in [1.165, 1.54) is 18.2 Å². The van der Waals surface area contributed by atoms with Crippen molar-refractivity contribution in [2.75, 3.05) is 6.61 Å². The van der Waals surface area contributed by atoms with Crippen molar-refractivity contribution >= 4 is 35.0 Å². The smallest absolute Gasteiger partial charge is 0.172 e. The number of ether oxygens (including phenoxy) is 1. The Labute approximate surface area is 146 Å². The SMILES string of the molecule is O=C([O-])COc1cc2c(c(Cl)c1Cl)C(=O)C(c1ccc(F)cc1)C2. The molecule has 1 aliphatic rings. The molecule has 2 aromatic carbocycles. The molecule has 7 heteroatoms. The van der Waals surface area contributed by atoms with Gasteiger partial charge in [0.1, 0.15) is 23.2 Å². The average Bonchev–Trinajstić information content (AvgIpc) is 2.87. The highest BCUT2D eigenvalue weighted by atomic mass is 35.5. The summed E-state index contributed by atoms with van der Waals surface area (Å²) in [6.45, 7) is -0.676. The van der Waals surface area contributed by atoms with Crippen LogP contribution in [0.4, 0.5) is 4.39 Å². The van der Waals surface area contributed by atoms with Gasteiger partial charge in [0.2, 0.25) is 0 Å². The molecule has 1 atom stereocenters. The van der Waals surface area contributed by atoms with Crippen LogP contribution in [0, 0.1) is 5.82 Å². The van der Waals surface area contributed by atoms with E-state index in [0.717, 1.165) is 0 Å². The van der Waals surface area contributed by atoms with Gasteiger partial charge in [-0.05, 0) is 35.7 Å². The molecule has 124 valence electrons. The van der Waals surface area contributed by atoms with Crippen LogP contribution in [-0.2, 0) is 11.2 Å². The van der Waals surface area contributed by atoms with E-state index in [0.29, 0.717) is 17.5 Å². The molecule has 0 radical (unpaired) electrons. The van der Waals surface area contributed by atoms with Crippen LogP contribution in [0.2, 0.25) is 10.0 Å². The first-order valence-corrected chi connectivity index (χ1v) is 7.77. The van der Waals surface area contributed by atoms with Gasteiger partial charge in [0, 0.05) is 5.56 Å². The number of fused-ring (bicyclic) bond motifs is 1. The lowest BCUT2D eigenvalue weighted by molar-refractivity contribution is -0.307. The van der Waals surface area contributed by atoms with E-state index in [2.05, 4.69) is 0 Å². The van der Waals surface area contributed by atoms with Crippen LogP contribution in [0.3, 0.4) is 0 Å². The Balaban J connectivity index is 1.97. The molecule has 0 saturated heterocycles. The number of aliphatic carboxylic acids is 1. The molecule has 4 nitrogen and oxygen atoms in total. The van der Waals surface area contributed by atoms with Gasteiger partial charge in [-0.15, -0.1) is 0 Å². The summed E-state index contributed by atoms with van der Waals surface area (Å²) in [7, 11) is 0. The highest BCUT2D eigenvalue weighted by molar-refractivity contribution is 6.45. The first-order valence-electron chi connectivity index (χ1n) is 7.01. The lowest BCUT2D eigenvalue weighted by Gasteiger charge is -2.12. The van der Waals surface area contributed by atoms with Gasteiger partial charge in [-0.2, -0.15) is 0 Å². The fourth-order valence-corrected chi connectivity index (χ4v) is 3.28. The number of hydrogen-bond acceptors (Lipinski definition) is 4. The number of carbonyl (C=O) groups excluding carboxylic acids is 2. The number of carbonyl (C=O) groups is 2. The van der Waals surface area contributed by atoms with Crippen LogP contribution in [0.15, 0.2) is 30.3 Å². The van der Waals surface area contributed by atoms with E-state index in [1.54, 1.807) is 12.1 Å². The number of carboxylic acid groups (broad SMARTS) is 1. The standard InChI is InChI=1S/C17H11Cl2FO4/c18-15-12(24-7-13(21)22)6-9-5-11(17(23)14(9)16(15)19)8-1-3-10(20)4-2-8/h1-4,6,11H,5,7H2,(H,21,22)/p-1. The van der Waals surface area contributed by atoms with E-state index >= 15 is 0 Å². The highest BCUT2D eigenvalue weighted by Crippen LogP contribution is 2.44. The molecule has 0 fully saturated rings. The molecule has 0 amide bonds. The van der Waals surface area contributed by atoms with Crippen LogP contribution < -0.4 is 9.84 Å². The maximum atomic E-state index is 13.1. The Morgan fingerprint density at radius 3 is 2.54 bits per heavy atom. The van der Waals surface area contributed by atoms with Crippen molar-refractivity contribution in [3.8, 4) is 5.75 Å². The summed E-state index contributed by atoms with van der Waals surface area (Å²) in [5.41, 5.74) is 1.57. The first kappa shape index (κ1) is 16.7. The van der Waals surface area contributed by atoms with Gasteiger partial charge in [0.05, 0.1) is 16.9 Å². The summed E-state index contributed by atoms with van der Waals surface area (Å²) in [6, 6.07) is 7.18. The Hall–Kier alpha value is -2.11. The zero-order chi connectivity index (χ0) is 17.4. The minimum Gasteiger partial charge on any atom is -0.546 e. The van der Waals surface area contributed by atoms with Crippen molar-refractivity contribution in [1.82, 2.24) is 0 Å². The lowest BCUT2D eigenvalue weighted by atomic mass is 9.95. The van der Waals surface area contributed by atoms with Crippen molar-refractivity contribution in [3.05, 3.63) is 62.9 Å². The molecule has 0 spiro atoms. The molecule has 0 aromatic heterocycles. The molecule has 1 aliphatic carbocycles. The molecule has 1 unspecified atom stereocenters. The maximum absolute atomic E-state index is 13.1. The van der Waals surface area contributed by atoms with E-state index in [4.69, 9.17) is 27.9 Å². The zero-order valence-corrected chi connectivity index (χ0v) is 13.7.